The molecule has 2 aliphatic rings. The van der Waals surface area contributed by atoms with Crippen LogP contribution in [0.2, 0.25) is 0 Å². The van der Waals surface area contributed by atoms with E-state index in [9.17, 15) is 13.2 Å². The van der Waals surface area contributed by atoms with Gasteiger partial charge in [0.1, 0.15) is 0 Å². The molecule has 0 aromatic rings. The predicted octanol–water partition coefficient (Wildman–Crippen LogP) is 0.142. The van der Waals surface area contributed by atoms with E-state index in [2.05, 4.69) is 0 Å². The number of carbonyl (C=O) groups is 1. The summed E-state index contributed by atoms with van der Waals surface area (Å²) >= 11 is 0. The van der Waals surface area contributed by atoms with E-state index in [0.29, 0.717) is 39.1 Å². The molecule has 1 atom stereocenters. The van der Waals surface area contributed by atoms with Crippen LogP contribution < -0.4 is 0 Å². The third-order valence-electron chi connectivity index (χ3n) is 4.65. The van der Waals surface area contributed by atoms with E-state index in [-0.39, 0.29) is 17.9 Å². The number of hydrogen-bond donors (Lipinski definition) is 0. The summed E-state index contributed by atoms with van der Waals surface area (Å²) in [5.74, 6) is 0.211. The number of nitrogens with zero attached hydrogens (tertiary/aromatic N) is 3. The number of ether oxygens (including phenoxy) is 1. The maximum atomic E-state index is 12.6. The molecule has 2 aliphatic heterocycles. The number of likely N-dealkylation sites (tertiary alicyclic amines) is 1. The zero-order chi connectivity index (χ0) is 16.3. The summed E-state index contributed by atoms with van der Waals surface area (Å²) in [6.07, 6.45) is 2.06. The normalized spacial score (nSPS) is 25.4. The Hall–Kier alpha value is -0.700. The second-order valence-electron chi connectivity index (χ2n) is 6.12. The van der Waals surface area contributed by atoms with Crippen LogP contribution in [0.1, 0.15) is 26.2 Å². The monoisotopic (exact) mass is 333 g/mol. The number of carbonyl (C=O) groups excluding carboxylic acids is 1. The predicted molar refractivity (Wildman–Crippen MR) is 83.5 cm³/mol. The lowest BCUT2D eigenvalue weighted by Gasteiger charge is -2.33. The molecule has 0 aromatic heterocycles. The highest BCUT2D eigenvalue weighted by atomic mass is 32.2. The molecule has 2 rings (SSSR count). The largest absolute Gasteiger partial charge is 0.381 e. The molecule has 2 heterocycles. The lowest BCUT2D eigenvalue weighted by Crippen LogP contribution is -2.48. The molecular formula is C14H27N3O4S. The van der Waals surface area contributed by atoms with E-state index in [1.165, 1.54) is 8.61 Å². The summed E-state index contributed by atoms with van der Waals surface area (Å²) in [5.41, 5.74) is 0. The number of methoxy groups -OCH3 is 1. The van der Waals surface area contributed by atoms with Crippen molar-refractivity contribution in [3.63, 3.8) is 0 Å². The summed E-state index contributed by atoms with van der Waals surface area (Å²) in [4.78, 5) is 13.5. The van der Waals surface area contributed by atoms with Gasteiger partial charge in [-0.2, -0.15) is 17.0 Å². The molecule has 2 fully saturated rings. The average Bonchev–Trinajstić information content (AvgIpc) is 2.86. The lowest BCUT2D eigenvalue weighted by molar-refractivity contribution is -0.127. The summed E-state index contributed by atoms with van der Waals surface area (Å²) in [5, 5.41) is 0. The van der Waals surface area contributed by atoms with Crippen molar-refractivity contribution in [3.05, 3.63) is 0 Å². The molecule has 128 valence electrons. The van der Waals surface area contributed by atoms with Crippen molar-refractivity contribution in [1.82, 2.24) is 13.5 Å². The molecule has 1 unspecified atom stereocenters. The third-order valence-corrected chi connectivity index (χ3v) is 6.60. The molecule has 1 amide bonds. The zero-order valence-corrected chi connectivity index (χ0v) is 14.5. The molecule has 0 saturated carbocycles. The molecule has 7 nitrogen and oxygen atoms in total. The van der Waals surface area contributed by atoms with Crippen molar-refractivity contribution < 1.29 is 17.9 Å². The first-order chi connectivity index (χ1) is 10.4. The number of piperidine rings is 1. The first kappa shape index (κ1) is 17.7. The van der Waals surface area contributed by atoms with E-state index in [1.807, 2.05) is 6.92 Å². The second kappa shape index (κ2) is 7.25. The molecular weight excluding hydrogens is 306 g/mol. The van der Waals surface area contributed by atoms with Crippen molar-refractivity contribution in [1.29, 1.82) is 0 Å². The van der Waals surface area contributed by atoms with E-state index < -0.39 is 10.2 Å². The van der Waals surface area contributed by atoms with E-state index >= 15 is 0 Å². The minimum absolute atomic E-state index is 0.0868. The fourth-order valence-electron chi connectivity index (χ4n) is 3.24. The highest BCUT2D eigenvalue weighted by molar-refractivity contribution is 7.86. The Kier molecular flexibility index (Phi) is 5.81. The van der Waals surface area contributed by atoms with Crippen molar-refractivity contribution in [2.45, 2.75) is 32.3 Å². The van der Waals surface area contributed by atoms with Crippen molar-refractivity contribution in [2.24, 2.45) is 5.92 Å². The first-order valence-corrected chi connectivity index (χ1v) is 9.30. The summed E-state index contributed by atoms with van der Waals surface area (Å²) < 4.78 is 33.4. The van der Waals surface area contributed by atoms with Gasteiger partial charge < -0.3 is 9.64 Å². The molecule has 8 heteroatoms. The van der Waals surface area contributed by atoms with Crippen molar-refractivity contribution in [2.75, 3.05) is 46.9 Å². The highest BCUT2D eigenvalue weighted by Gasteiger charge is 2.35. The van der Waals surface area contributed by atoms with E-state index in [0.717, 1.165) is 12.8 Å². The van der Waals surface area contributed by atoms with Crippen LogP contribution in [0.3, 0.4) is 0 Å². The third kappa shape index (κ3) is 3.79. The van der Waals surface area contributed by atoms with Crippen molar-refractivity contribution in [3.8, 4) is 0 Å². The second-order valence-corrected chi connectivity index (χ2v) is 8.16. The van der Waals surface area contributed by atoms with Gasteiger partial charge in [-0.25, -0.2) is 0 Å². The zero-order valence-electron chi connectivity index (χ0n) is 13.7. The average molecular weight is 333 g/mol. The number of rotatable bonds is 6. The van der Waals surface area contributed by atoms with Gasteiger partial charge >= 0.3 is 0 Å². The van der Waals surface area contributed by atoms with Gasteiger partial charge in [0.2, 0.25) is 5.91 Å². The van der Waals surface area contributed by atoms with Gasteiger partial charge in [0.25, 0.3) is 10.2 Å². The molecule has 0 aliphatic carbocycles. The van der Waals surface area contributed by atoms with Gasteiger partial charge in [-0.05, 0) is 25.7 Å². The molecule has 0 aromatic carbocycles. The van der Waals surface area contributed by atoms with Gasteiger partial charge in [0, 0.05) is 53.3 Å². The van der Waals surface area contributed by atoms with Crippen LogP contribution in [-0.4, -0.2) is 80.8 Å². The topological polar surface area (TPSA) is 70.2 Å². The molecule has 0 N–H and O–H groups in total. The maximum absolute atomic E-state index is 12.6. The van der Waals surface area contributed by atoms with Gasteiger partial charge in [-0.3, -0.25) is 4.79 Å². The number of hydrogen-bond acceptors (Lipinski definition) is 4. The van der Waals surface area contributed by atoms with Crippen molar-refractivity contribution >= 4 is 16.1 Å². The fourth-order valence-corrected chi connectivity index (χ4v) is 4.70. The smallest absolute Gasteiger partial charge is 0.281 e. The molecule has 22 heavy (non-hydrogen) atoms. The first-order valence-electron chi connectivity index (χ1n) is 7.90. The maximum Gasteiger partial charge on any atom is 0.281 e. The molecule has 0 radical (unpaired) electrons. The standard InChI is InChI=1S/C14H27N3O4S/c1-4-16-11-12(9-14(16)18)10-15(2)22(19,20)17-7-5-13(21-3)6-8-17/h12-13H,4-11H2,1-3H3. The Bertz CT molecular complexity index is 488. The van der Waals surface area contributed by atoms with E-state index in [1.54, 1.807) is 19.1 Å². The molecule has 2 saturated heterocycles. The van der Waals surface area contributed by atoms with Crippen LogP contribution in [0.25, 0.3) is 0 Å². The lowest BCUT2D eigenvalue weighted by atomic mass is 10.1. The van der Waals surface area contributed by atoms with Gasteiger partial charge in [-0.15, -0.1) is 0 Å². The van der Waals surface area contributed by atoms with Gasteiger partial charge in [-0.1, -0.05) is 0 Å². The van der Waals surface area contributed by atoms with E-state index in [4.69, 9.17) is 4.74 Å². The molecule has 0 spiro atoms. The quantitative estimate of drug-likeness (QED) is 0.693. The van der Waals surface area contributed by atoms with Crippen LogP contribution in [0.5, 0.6) is 0 Å². The number of amides is 1. The summed E-state index contributed by atoms with van der Waals surface area (Å²) in [6.45, 7) is 4.68. The van der Waals surface area contributed by atoms with Crippen LogP contribution >= 0.6 is 0 Å². The Balaban J connectivity index is 1.91. The van der Waals surface area contributed by atoms with Crippen LogP contribution in [-0.2, 0) is 19.7 Å². The fraction of sp³-hybridized carbons (Fsp3) is 0.929. The summed E-state index contributed by atoms with van der Waals surface area (Å²) in [7, 11) is -0.169. The Labute approximate surface area is 133 Å². The Morgan fingerprint density at radius 2 is 1.95 bits per heavy atom. The van der Waals surface area contributed by atoms with Crippen LogP contribution in [0, 0.1) is 5.92 Å². The van der Waals surface area contributed by atoms with Crippen LogP contribution in [0.15, 0.2) is 0 Å². The molecule has 0 bridgehead atoms. The Morgan fingerprint density at radius 1 is 1.32 bits per heavy atom. The minimum Gasteiger partial charge on any atom is -0.381 e. The minimum atomic E-state index is -3.44. The van der Waals surface area contributed by atoms with Gasteiger partial charge in [0.15, 0.2) is 0 Å². The SMILES string of the molecule is CCN1CC(CN(C)S(=O)(=O)N2CCC(OC)CC2)CC1=O. The van der Waals surface area contributed by atoms with Gasteiger partial charge in [0.05, 0.1) is 6.10 Å². The highest BCUT2D eigenvalue weighted by Crippen LogP contribution is 2.22. The van der Waals surface area contributed by atoms with Crippen LogP contribution in [0.4, 0.5) is 0 Å². The Morgan fingerprint density at radius 3 is 2.45 bits per heavy atom. The summed E-state index contributed by atoms with van der Waals surface area (Å²) in [6, 6.07) is 0.